The standard InChI is InChI=1S/C11H14OS/c1-8-6-13-7-10(8)11(12)9-4-2-3-5-9/h6-7,9H,2-5H2,1H3. The van der Waals surface area contributed by atoms with E-state index in [1.807, 2.05) is 12.3 Å². The number of aryl methyl sites for hydroxylation is 1. The van der Waals surface area contributed by atoms with E-state index in [9.17, 15) is 4.79 Å². The third-order valence-electron chi connectivity index (χ3n) is 2.85. The highest BCUT2D eigenvalue weighted by Crippen LogP contribution is 2.29. The SMILES string of the molecule is Cc1cscc1C(=O)C1CCCC1. The first kappa shape index (κ1) is 8.95. The molecule has 1 aromatic rings. The van der Waals surface area contributed by atoms with Crippen LogP contribution in [0.4, 0.5) is 0 Å². The smallest absolute Gasteiger partial charge is 0.167 e. The Bertz CT molecular complexity index is 308. The van der Waals surface area contributed by atoms with Crippen LogP contribution >= 0.6 is 11.3 Å². The second-order valence-corrected chi connectivity index (χ2v) is 4.56. The van der Waals surface area contributed by atoms with E-state index in [1.54, 1.807) is 11.3 Å². The van der Waals surface area contributed by atoms with Crippen molar-refractivity contribution in [3.05, 3.63) is 21.9 Å². The van der Waals surface area contributed by atoms with Crippen LogP contribution in [0.1, 0.15) is 41.6 Å². The molecular weight excluding hydrogens is 180 g/mol. The molecule has 0 spiro atoms. The minimum absolute atomic E-state index is 0.327. The molecule has 0 aromatic carbocycles. The van der Waals surface area contributed by atoms with Crippen molar-refractivity contribution in [1.82, 2.24) is 0 Å². The fraction of sp³-hybridized carbons (Fsp3) is 0.545. The Kier molecular flexibility index (Phi) is 2.49. The molecule has 2 rings (SSSR count). The molecule has 0 bridgehead atoms. The van der Waals surface area contributed by atoms with Crippen molar-refractivity contribution in [1.29, 1.82) is 0 Å². The first-order valence-corrected chi connectivity index (χ1v) is 5.80. The molecule has 13 heavy (non-hydrogen) atoms. The number of rotatable bonds is 2. The fourth-order valence-corrected chi connectivity index (χ4v) is 2.86. The Labute approximate surface area is 82.8 Å². The van der Waals surface area contributed by atoms with Crippen LogP contribution in [-0.4, -0.2) is 5.78 Å². The zero-order valence-electron chi connectivity index (χ0n) is 7.88. The predicted molar refractivity (Wildman–Crippen MR) is 55.3 cm³/mol. The van der Waals surface area contributed by atoms with Gasteiger partial charge in [-0.2, -0.15) is 11.3 Å². The van der Waals surface area contributed by atoms with Crippen LogP contribution in [0, 0.1) is 12.8 Å². The third-order valence-corrected chi connectivity index (χ3v) is 3.71. The fourth-order valence-electron chi connectivity index (χ4n) is 2.02. The number of thiophene rings is 1. The maximum absolute atomic E-state index is 11.9. The Morgan fingerprint density at radius 1 is 1.38 bits per heavy atom. The quantitative estimate of drug-likeness (QED) is 0.659. The van der Waals surface area contributed by atoms with E-state index in [0.717, 1.165) is 24.0 Å². The minimum atomic E-state index is 0.327. The van der Waals surface area contributed by atoms with Crippen LogP contribution in [0.3, 0.4) is 0 Å². The van der Waals surface area contributed by atoms with Crippen molar-refractivity contribution in [3.63, 3.8) is 0 Å². The van der Waals surface area contributed by atoms with Crippen molar-refractivity contribution >= 4 is 17.1 Å². The van der Waals surface area contributed by atoms with Gasteiger partial charge in [0.15, 0.2) is 5.78 Å². The number of Topliss-reactive ketones (excluding diaryl/α,β-unsaturated/α-hetero) is 1. The monoisotopic (exact) mass is 194 g/mol. The van der Waals surface area contributed by atoms with Crippen LogP contribution in [0.25, 0.3) is 0 Å². The average molecular weight is 194 g/mol. The molecule has 0 radical (unpaired) electrons. The topological polar surface area (TPSA) is 17.1 Å². The summed E-state index contributed by atoms with van der Waals surface area (Å²) < 4.78 is 0. The molecule has 1 aliphatic carbocycles. The summed E-state index contributed by atoms with van der Waals surface area (Å²) in [6.07, 6.45) is 4.68. The van der Waals surface area contributed by atoms with Crippen LogP contribution in [0.5, 0.6) is 0 Å². The number of ketones is 1. The van der Waals surface area contributed by atoms with Crippen LogP contribution in [0.15, 0.2) is 10.8 Å². The maximum atomic E-state index is 11.9. The first-order chi connectivity index (χ1) is 6.29. The molecule has 0 N–H and O–H groups in total. The second kappa shape index (κ2) is 3.62. The summed E-state index contributed by atoms with van der Waals surface area (Å²) in [7, 11) is 0. The molecule has 70 valence electrons. The number of hydrogen-bond donors (Lipinski definition) is 0. The van der Waals surface area contributed by atoms with E-state index in [0.29, 0.717) is 11.7 Å². The lowest BCUT2D eigenvalue weighted by Gasteiger charge is -2.06. The highest BCUT2D eigenvalue weighted by Gasteiger charge is 2.24. The molecule has 1 nitrogen and oxygen atoms in total. The molecular formula is C11H14OS. The van der Waals surface area contributed by atoms with Gasteiger partial charge in [0, 0.05) is 16.9 Å². The lowest BCUT2D eigenvalue weighted by Crippen LogP contribution is -2.10. The van der Waals surface area contributed by atoms with Crippen LogP contribution in [0.2, 0.25) is 0 Å². The second-order valence-electron chi connectivity index (χ2n) is 3.81. The summed E-state index contributed by atoms with van der Waals surface area (Å²) in [5, 5.41) is 4.05. The number of carbonyl (C=O) groups excluding carboxylic acids is 1. The van der Waals surface area contributed by atoms with Gasteiger partial charge in [-0.3, -0.25) is 4.79 Å². The summed E-state index contributed by atoms with van der Waals surface area (Å²) in [5.41, 5.74) is 2.12. The van der Waals surface area contributed by atoms with E-state index in [2.05, 4.69) is 5.38 Å². The molecule has 1 fully saturated rings. The van der Waals surface area contributed by atoms with E-state index in [-0.39, 0.29) is 0 Å². The molecule has 1 aliphatic rings. The summed E-state index contributed by atoms with van der Waals surface area (Å²) in [6, 6.07) is 0. The largest absolute Gasteiger partial charge is 0.294 e. The van der Waals surface area contributed by atoms with E-state index < -0.39 is 0 Å². The average Bonchev–Trinajstić information content (AvgIpc) is 2.72. The van der Waals surface area contributed by atoms with Crippen molar-refractivity contribution in [3.8, 4) is 0 Å². The van der Waals surface area contributed by atoms with Gasteiger partial charge in [0.2, 0.25) is 0 Å². The van der Waals surface area contributed by atoms with E-state index in [4.69, 9.17) is 0 Å². The lowest BCUT2D eigenvalue weighted by molar-refractivity contribution is 0.0923. The van der Waals surface area contributed by atoms with Crippen molar-refractivity contribution in [2.75, 3.05) is 0 Å². The van der Waals surface area contributed by atoms with Gasteiger partial charge < -0.3 is 0 Å². The molecule has 0 atom stereocenters. The van der Waals surface area contributed by atoms with Gasteiger partial charge >= 0.3 is 0 Å². The molecule has 0 amide bonds. The summed E-state index contributed by atoms with van der Waals surface area (Å²) in [5.74, 6) is 0.713. The van der Waals surface area contributed by atoms with Gasteiger partial charge in [0.1, 0.15) is 0 Å². The minimum Gasteiger partial charge on any atom is -0.294 e. The van der Waals surface area contributed by atoms with Crippen molar-refractivity contribution in [2.45, 2.75) is 32.6 Å². The van der Waals surface area contributed by atoms with E-state index >= 15 is 0 Å². The van der Waals surface area contributed by atoms with Gasteiger partial charge in [-0.15, -0.1) is 0 Å². The Balaban J connectivity index is 2.17. The molecule has 1 saturated carbocycles. The van der Waals surface area contributed by atoms with Gasteiger partial charge in [0.25, 0.3) is 0 Å². The Morgan fingerprint density at radius 2 is 2.08 bits per heavy atom. The van der Waals surface area contributed by atoms with Gasteiger partial charge in [-0.1, -0.05) is 12.8 Å². The zero-order chi connectivity index (χ0) is 9.26. The normalized spacial score (nSPS) is 17.9. The molecule has 2 heteroatoms. The third kappa shape index (κ3) is 1.68. The summed E-state index contributed by atoms with van der Waals surface area (Å²) in [4.78, 5) is 11.9. The van der Waals surface area contributed by atoms with Gasteiger partial charge in [-0.05, 0) is 30.7 Å². The number of carbonyl (C=O) groups is 1. The molecule has 0 unspecified atom stereocenters. The van der Waals surface area contributed by atoms with Gasteiger partial charge in [-0.25, -0.2) is 0 Å². The van der Waals surface area contributed by atoms with Crippen LogP contribution < -0.4 is 0 Å². The van der Waals surface area contributed by atoms with E-state index in [1.165, 1.54) is 12.8 Å². The Morgan fingerprint density at radius 3 is 2.62 bits per heavy atom. The van der Waals surface area contributed by atoms with Gasteiger partial charge in [0.05, 0.1) is 0 Å². The summed E-state index contributed by atoms with van der Waals surface area (Å²) in [6.45, 7) is 2.03. The Hall–Kier alpha value is -0.630. The molecule has 0 aliphatic heterocycles. The van der Waals surface area contributed by atoms with Crippen molar-refractivity contribution < 1.29 is 4.79 Å². The zero-order valence-corrected chi connectivity index (χ0v) is 8.69. The maximum Gasteiger partial charge on any atom is 0.167 e. The highest BCUT2D eigenvalue weighted by atomic mass is 32.1. The molecule has 0 saturated heterocycles. The molecule has 1 aromatic heterocycles. The predicted octanol–water partition coefficient (Wildman–Crippen LogP) is 3.43. The summed E-state index contributed by atoms with van der Waals surface area (Å²) >= 11 is 1.63. The highest BCUT2D eigenvalue weighted by molar-refractivity contribution is 7.08. The number of hydrogen-bond acceptors (Lipinski definition) is 2. The lowest BCUT2D eigenvalue weighted by atomic mass is 9.96. The first-order valence-electron chi connectivity index (χ1n) is 4.86. The van der Waals surface area contributed by atoms with Crippen LogP contribution in [-0.2, 0) is 0 Å². The van der Waals surface area contributed by atoms with Crippen molar-refractivity contribution in [2.24, 2.45) is 5.92 Å². The molecule has 1 heterocycles.